The summed E-state index contributed by atoms with van der Waals surface area (Å²) in [7, 11) is 2.93. The van der Waals surface area contributed by atoms with E-state index in [-0.39, 0.29) is 17.9 Å². The van der Waals surface area contributed by atoms with Crippen molar-refractivity contribution in [2.45, 2.75) is 27.1 Å². The molecule has 3 rings (SSSR count). The maximum atomic E-state index is 12.5. The molecular formula is C20H25N5O4. The largest absolute Gasteiger partial charge is 0.440 e. The number of hydrogen-bond donors (Lipinski definition) is 0. The lowest BCUT2D eigenvalue weighted by Crippen LogP contribution is -2.37. The molecule has 0 bridgehead atoms. The molecule has 0 fully saturated rings. The van der Waals surface area contributed by atoms with Crippen molar-refractivity contribution in [2.24, 2.45) is 14.1 Å². The van der Waals surface area contributed by atoms with Crippen LogP contribution in [0.1, 0.15) is 29.8 Å². The van der Waals surface area contributed by atoms with Crippen LogP contribution in [-0.4, -0.2) is 42.6 Å². The topological polar surface area (TPSA) is 91.4 Å². The molecule has 0 aliphatic rings. The van der Waals surface area contributed by atoms with Gasteiger partial charge in [0.15, 0.2) is 17.9 Å². The predicted molar refractivity (Wildman–Crippen MR) is 109 cm³/mol. The highest BCUT2D eigenvalue weighted by Crippen LogP contribution is 2.11. The Labute approximate surface area is 167 Å². The van der Waals surface area contributed by atoms with Crippen LogP contribution >= 0.6 is 0 Å². The van der Waals surface area contributed by atoms with Crippen LogP contribution in [-0.2, 0) is 32.1 Å². The van der Waals surface area contributed by atoms with E-state index in [0.717, 1.165) is 29.8 Å². The third-order valence-electron chi connectivity index (χ3n) is 5.02. The summed E-state index contributed by atoms with van der Waals surface area (Å²) in [6.07, 6.45) is 1.38. The summed E-state index contributed by atoms with van der Waals surface area (Å²) < 4.78 is 9.10. The van der Waals surface area contributed by atoms with Gasteiger partial charge in [-0.3, -0.25) is 23.4 Å². The quantitative estimate of drug-likeness (QED) is 0.553. The fraction of sp³-hybridized carbons (Fsp3) is 0.400. The molecular weight excluding hydrogens is 374 g/mol. The van der Waals surface area contributed by atoms with Crippen molar-refractivity contribution in [1.82, 2.24) is 23.6 Å². The summed E-state index contributed by atoms with van der Waals surface area (Å²) in [4.78, 5) is 43.3. The van der Waals surface area contributed by atoms with Gasteiger partial charge in [0, 0.05) is 20.6 Å². The van der Waals surface area contributed by atoms with Gasteiger partial charge in [0.05, 0.1) is 5.56 Å². The van der Waals surface area contributed by atoms with Crippen LogP contribution in [0.3, 0.4) is 0 Å². The average molecular weight is 399 g/mol. The van der Waals surface area contributed by atoms with Crippen molar-refractivity contribution in [3.05, 3.63) is 62.6 Å². The Bertz CT molecular complexity index is 1150. The van der Waals surface area contributed by atoms with E-state index in [4.69, 9.17) is 4.74 Å². The molecule has 0 amide bonds. The third kappa shape index (κ3) is 4.00. The van der Waals surface area contributed by atoms with Gasteiger partial charge in [-0.1, -0.05) is 26.0 Å². The summed E-state index contributed by atoms with van der Waals surface area (Å²) in [5, 5.41) is 0. The first-order valence-corrected chi connectivity index (χ1v) is 9.46. The van der Waals surface area contributed by atoms with E-state index >= 15 is 0 Å². The lowest BCUT2D eigenvalue weighted by molar-refractivity contribution is 0.0378. The number of fused-ring (bicyclic) bond motifs is 1. The minimum Gasteiger partial charge on any atom is -0.440 e. The molecule has 3 aromatic rings. The van der Waals surface area contributed by atoms with E-state index < -0.39 is 17.2 Å². The molecule has 0 spiro atoms. The number of aryl methyl sites for hydroxylation is 1. The normalized spacial score (nSPS) is 11.3. The van der Waals surface area contributed by atoms with Gasteiger partial charge in [-0.05, 0) is 30.8 Å². The molecule has 1 aromatic carbocycles. The van der Waals surface area contributed by atoms with Crippen LogP contribution in [0.2, 0.25) is 0 Å². The monoisotopic (exact) mass is 399 g/mol. The second-order valence-corrected chi connectivity index (χ2v) is 6.81. The second kappa shape index (κ2) is 8.44. The molecule has 29 heavy (non-hydrogen) atoms. The molecule has 154 valence electrons. The number of nitrogens with zero attached hydrogens (tertiary/aromatic N) is 5. The molecule has 9 nitrogen and oxygen atoms in total. The third-order valence-corrected chi connectivity index (χ3v) is 5.02. The molecule has 0 aliphatic carbocycles. The zero-order valence-corrected chi connectivity index (χ0v) is 17.1. The Kier molecular flexibility index (Phi) is 5.97. The van der Waals surface area contributed by atoms with E-state index in [2.05, 4.69) is 23.7 Å². The first-order chi connectivity index (χ1) is 13.9. The molecule has 0 radical (unpaired) electrons. The van der Waals surface area contributed by atoms with Gasteiger partial charge >= 0.3 is 11.7 Å². The molecule has 0 saturated carbocycles. The van der Waals surface area contributed by atoms with Crippen LogP contribution in [0.15, 0.2) is 40.2 Å². The Morgan fingerprint density at radius 1 is 1.14 bits per heavy atom. The molecule has 0 atom stereocenters. The van der Waals surface area contributed by atoms with Crippen LogP contribution in [0, 0.1) is 0 Å². The maximum Gasteiger partial charge on any atom is 0.339 e. The molecule has 2 heterocycles. The number of ether oxygens (including phenoxy) is 1. The number of carbonyl (C=O) groups is 1. The Balaban J connectivity index is 1.80. The number of carbonyl (C=O) groups excluding carboxylic acids is 1. The molecule has 2 aromatic heterocycles. The fourth-order valence-corrected chi connectivity index (χ4v) is 3.21. The average Bonchev–Trinajstić information content (AvgIpc) is 3.17. The highest BCUT2D eigenvalue weighted by Gasteiger charge is 2.16. The van der Waals surface area contributed by atoms with Gasteiger partial charge in [-0.15, -0.1) is 0 Å². The molecule has 0 aliphatic heterocycles. The molecule has 0 N–H and O–H groups in total. The van der Waals surface area contributed by atoms with E-state index in [1.165, 1.54) is 29.6 Å². The minimum atomic E-state index is -0.491. The molecule has 0 unspecified atom stereocenters. The summed E-state index contributed by atoms with van der Waals surface area (Å²) in [6.45, 7) is 6.62. The first-order valence-electron chi connectivity index (χ1n) is 9.46. The Hall–Kier alpha value is -3.20. The van der Waals surface area contributed by atoms with Gasteiger partial charge in [-0.25, -0.2) is 14.6 Å². The van der Waals surface area contributed by atoms with Crippen molar-refractivity contribution in [1.29, 1.82) is 0 Å². The fourth-order valence-electron chi connectivity index (χ4n) is 3.21. The minimum absolute atomic E-state index is 0.178. The zero-order chi connectivity index (χ0) is 21.1. The van der Waals surface area contributed by atoms with E-state index in [0.29, 0.717) is 5.56 Å². The summed E-state index contributed by atoms with van der Waals surface area (Å²) in [5.41, 5.74) is 0.972. The summed E-state index contributed by atoms with van der Waals surface area (Å²) >= 11 is 0. The Morgan fingerprint density at radius 3 is 2.55 bits per heavy atom. The van der Waals surface area contributed by atoms with E-state index in [9.17, 15) is 14.4 Å². The SMILES string of the molecule is CCN(CC)Cc1cccc(C(=O)OCn2cnc3c2c(=O)n(C)c(=O)n3C)c1. The lowest BCUT2D eigenvalue weighted by Gasteiger charge is -2.18. The van der Waals surface area contributed by atoms with Crippen molar-refractivity contribution >= 4 is 17.1 Å². The maximum absolute atomic E-state index is 12.5. The summed E-state index contributed by atoms with van der Waals surface area (Å²) in [5.74, 6) is -0.491. The Morgan fingerprint density at radius 2 is 1.86 bits per heavy atom. The first kappa shape index (κ1) is 20.5. The number of hydrogen-bond acceptors (Lipinski definition) is 6. The second-order valence-electron chi connectivity index (χ2n) is 6.81. The smallest absolute Gasteiger partial charge is 0.339 e. The number of rotatable bonds is 7. The van der Waals surface area contributed by atoms with Gasteiger partial charge in [0.1, 0.15) is 6.33 Å². The van der Waals surface area contributed by atoms with Gasteiger partial charge < -0.3 is 4.74 Å². The van der Waals surface area contributed by atoms with Crippen LogP contribution in [0.4, 0.5) is 0 Å². The molecule has 9 heteroatoms. The van der Waals surface area contributed by atoms with Crippen molar-refractivity contribution in [3.63, 3.8) is 0 Å². The van der Waals surface area contributed by atoms with E-state index in [1.807, 2.05) is 18.2 Å². The predicted octanol–water partition coefficient (Wildman–Crippen LogP) is 1.09. The highest BCUT2D eigenvalue weighted by molar-refractivity contribution is 5.89. The lowest BCUT2D eigenvalue weighted by atomic mass is 10.1. The van der Waals surface area contributed by atoms with Gasteiger partial charge in [0.2, 0.25) is 0 Å². The number of imidazole rings is 1. The van der Waals surface area contributed by atoms with Crippen LogP contribution < -0.4 is 11.2 Å². The summed E-state index contributed by atoms with van der Waals surface area (Å²) in [6, 6.07) is 7.31. The van der Waals surface area contributed by atoms with Crippen LogP contribution in [0.25, 0.3) is 11.2 Å². The number of aromatic nitrogens is 4. The van der Waals surface area contributed by atoms with E-state index in [1.54, 1.807) is 6.07 Å². The number of esters is 1. The standard InChI is InChI=1S/C20H25N5O4/c1-5-24(6-2)11-14-8-7-9-15(10-14)19(27)29-13-25-12-21-17-16(25)18(26)23(4)20(28)22(17)3/h7-10,12H,5-6,11,13H2,1-4H3. The highest BCUT2D eigenvalue weighted by atomic mass is 16.5. The van der Waals surface area contributed by atoms with Crippen molar-refractivity contribution < 1.29 is 9.53 Å². The van der Waals surface area contributed by atoms with Gasteiger partial charge in [0.25, 0.3) is 5.56 Å². The zero-order valence-electron chi connectivity index (χ0n) is 17.1. The van der Waals surface area contributed by atoms with Gasteiger partial charge in [-0.2, -0.15) is 0 Å². The number of benzene rings is 1. The van der Waals surface area contributed by atoms with Crippen LogP contribution in [0.5, 0.6) is 0 Å². The molecule has 0 saturated heterocycles. The van der Waals surface area contributed by atoms with Crippen molar-refractivity contribution in [3.8, 4) is 0 Å². The van der Waals surface area contributed by atoms with Crippen molar-refractivity contribution in [2.75, 3.05) is 13.1 Å².